The predicted octanol–water partition coefficient (Wildman–Crippen LogP) is 11.8. The molecule has 2 aliphatic rings. The molecule has 2 aliphatic carbocycles. The van der Waals surface area contributed by atoms with Crippen LogP contribution in [-0.4, -0.2) is 21.8 Å². The second-order valence-corrected chi connectivity index (χ2v) is 16.4. The molecule has 0 atom stereocenters. The van der Waals surface area contributed by atoms with Crippen LogP contribution in [0.15, 0.2) is 188 Å². The number of halogens is 4. The SMILES string of the molecule is Brc1cccc(Br)c1.O=C1c2ccccc2C(=O)c2ccccc21.OC1(c2cccc(Br)c2)c2ccccc2C(O)(c2cccc(Br)c2)c2ccccc21. The molecule has 0 bridgehead atoms. The van der Waals surface area contributed by atoms with Gasteiger partial charge in [0.2, 0.25) is 0 Å². The van der Waals surface area contributed by atoms with Gasteiger partial charge in [0.1, 0.15) is 11.2 Å². The quantitative estimate of drug-likeness (QED) is 0.181. The van der Waals surface area contributed by atoms with Gasteiger partial charge in [-0.25, -0.2) is 0 Å². The lowest BCUT2D eigenvalue weighted by Gasteiger charge is -2.45. The van der Waals surface area contributed by atoms with E-state index in [0.717, 1.165) is 29.0 Å². The number of benzene rings is 7. The molecule has 0 aromatic heterocycles. The molecule has 7 aromatic carbocycles. The van der Waals surface area contributed by atoms with Crippen molar-refractivity contribution in [3.05, 3.63) is 243 Å². The van der Waals surface area contributed by atoms with Gasteiger partial charge in [0.25, 0.3) is 0 Å². The second kappa shape index (κ2) is 15.8. The molecule has 4 nitrogen and oxygen atoms in total. The molecule has 0 aliphatic heterocycles. The van der Waals surface area contributed by atoms with E-state index in [1.54, 1.807) is 48.5 Å². The Hall–Kier alpha value is -4.28. The van der Waals surface area contributed by atoms with E-state index in [1.165, 1.54) is 0 Å². The van der Waals surface area contributed by atoms with Crippen LogP contribution >= 0.6 is 63.7 Å². The molecule has 0 heterocycles. The van der Waals surface area contributed by atoms with Gasteiger partial charge in [-0.15, -0.1) is 0 Å². The first-order chi connectivity index (χ1) is 26.0. The van der Waals surface area contributed by atoms with Crippen LogP contribution in [0.5, 0.6) is 0 Å². The Bertz CT molecular complexity index is 2280. The Balaban J connectivity index is 0.000000155. The lowest BCUT2D eigenvalue weighted by molar-refractivity contribution is 0.0747. The number of aliphatic hydroxyl groups is 2. The van der Waals surface area contributed by atoms with Gasteiger partial charge in [-0.3, -0.25) is 9.59 Å². The number of ketones is 2. The summed E-state index contributed by atoms with van der Waals surface area (Å²) in [7, 11) is 0. The first-order valence-corrected chi connectivity index (χ1v) is 20.1. The fourth-order valence-electron chi connectivity index (χ4n) is 7.08. The van der Waals surface area contributed by atoms with Crippen molar-refractivity contribution in [2.75, 3.05) is 0 Å². The molecule has 0 fully saturated rings. The highest BCUT2D eigenvalue weighted by Gasteiger charge is 2.50. The second-order valence-electron chi connectivity index (χ2n) is 12.7. The van der Waals surface area contributed by atoms with Crippen LogP contribution in [0.2, 0.25) is 0 Å². The average Bonchev–Trinajstić information content (AvgIpc) is 3.19. The smallest absolute Gasteiger partial charge is 0.194 e. The van der Waals surface area contributed by atoms with E-state index in [-0.39, 0.29) is 11.6 Å². The van der Waals surface area contributed by atoms with Gasteiger partial charge in [0.15, 0.2) is 11.6 Å². The van der Waals surface area contributed by atoms with Crippen molar-refractivity contribution in [3.63, 3.8) is 0 Å². The molecule has 0 radical (unpaired) electrons. The van der Waals surface area contributed by atoms with Crippen molar-refractivity contribution >= 4 is 75.3 Å². The zero-order valence-electron chi connectivity index (χ0n) is 28.4. The summed E-state index contributed by atoms with van der Waals surface area (Å²) in [4.78, 5) is 24.2. The van der Waals surface area contributed by atoms with Crippen LogP contribution in [0.3, 0.4) is 0 Å². The minimum absolute atomic E-state index is 0.0641. The Morgan fingerprint density at radius 3 is 0.852 bits per heavy atom. The van der Waals surface area contributed by atoms with Crippen LogP contribution in [0.4, 0.5) is 0 Å². The third-order valence-corrected chi connectivity index (χ3v) is 11.5. The zero-order valence-corrected chi connectivity index (χ0v) is 34.7. The van der Waals surface area contributed by atoms with Crippen molar-refractivity contribution in [2.24, 2.45) is 0 Å². The lowest BCUT2D eigenvalue weighted by atomic mass is 9.63. The Morgan fingerprint density at radius 1 is 0.333 bits per heavy atom. The van der Waals surface area contributed by atoms with Gasteiger partial charge in [-0.2, -0.15) is 0 Å². The van der Waals surface area contributed by atoms with Crippen LogP contribution in [-0.2, 0) is 11.2 Å². The molecule has 0 unspecified atom stereocenters. The highest BCUT2D eigenvalue weighted by molar-refractivity contribution is 9.11. The third-order valence-electron chi connectivity index (χ3n) is 9.52. The lowest BCUT2D eigenvalue weighted by Crippen LogP contribution is -2.44. The molecule has 0 saturated carbocycles. The Morgan fingerprint density at radius 2 is 0.593 bits per heavy atom. The molecule has 0 saturated heterocycles. The van der Waals surface area contributed by atoms with Crippen molar-refractivity contribution < 1.29 is 19.8 Å². The topological polar surface area (TPSA) is 74.6 Å². The average molecular weight is 966 g/mol. The minimum Gasteiger partial charge on any atom is -0.376 e. The van der Waals surface area contributed by atoms with E-state index in [0.29, 0.717) is 44.5 Å². The van der Waals surface area contributed by atoms with Gasteiger partial charge >= 0.3 is 0 Å². The summed E-state index contributed by atoms with van der Waals surface area (Å²) < 4.78 is 3.98. The number of hydrogen-bond acceptors (Lipinski definition) is 4. The molecule has 7 aromatic rings. The molecule has 54 heavy (non-hydrogen) atoms. The number of fused-ring (bicyclic) bond motifs is 4. The van der Waals surface area contributed by atoms with Crippen LogP contribution < -0.4 is 0 Å². The van der Waals surface area contributed by atoms with E-state index < -0.39 is 11.2 Å². The molecular formula is C46H30Br4O4. The van der Waals surface area contributed by atoms with Crippen LogP contribution in [0, 0.1) is 0 Å². The maximum Gasteiger partial charge on any atom is 0.194 e. The summed E-state index contributed by atoms with van der Waals surface area (Å²) in [5.74, 6) is -0.128. The molecule has 2 N–H and O–H groups in total. The van der Waals surface area contributed by atoms with Gasteiger partial charge in [0, 0.05) is 40.1 Å². The molecule has 9 rings (SSSR count). The summed E-state index contributed by atoms with van der Waals surface area (Å²) in [6.07, 6.45) is 0. The van der Waals surface area contributed by atoms with Crippen LogP contribution in [0.25, 0.3) is 0 Å². The molecule has 0 spiro atoms. The number of hydrogen-bond donors (Lipinski definition) is 2. The van der Waals surface area contributed by atoms with E-state index in [9.17, 15) is 19.8 Å². The van der Waals surface area contributed by atoms with Crippen LogP contribution in [0.1, 0.15) is 65.2 Å². The van der Waals surface area contributed by atoms with Crippen molar-refractivity contribution in [1.82, 2.24) is 0 Å². The van der Waals surface area contributed by atoms with Gasteiger partial charge < -0.3 is 10.2 Å². The normalized spacial score (nSPS) is 17.7. The largest absolute Gasteiger partial charge is 0.376 e. The summed E-state index contributed by atoms with van der Waals surface area (Å²) in [5.41, 5.74) is 3.41. The van der Waals surface area contributed by atoms with E-state index in [2.05, 4.69) is 63.7 Å². The van der Waals surface area contributed by atoms with Crippen molar-refractivity contribution in [2.45, 2.75) is 11.2 Å². The summed E-state index contributed by atoms with van der Waals surface area (Å²) >= 11 is 13.7. The maximum absolute atomic E-state index is 12.3. The van der Waals surface area contributed by atoms with Crippen molar-refractivity contribution in [3.8, 4) is 0 Å². The Kier molecular flexibility index (Phi) is 11.1. The van der Waals surface area contributed by atoms with Crippen molar-refractivity contribution in [1.29, 1.82) is 0 Å². The molecule has 266 valence electrons. The minimum atomic E-state index is -1.39. The summed E-state index contributed by atoms with van der Waals surface area (Å²) in [6.45, 7) is 0. The molecule has 0 amide bonds. The molecule has 8 heteroatoms. The first kappa shape index (κ1) is 38.0. The third kappa shape index (κ3) is 7.03. The monoisotopic (exact) mass is 962 g/mol. The van der Waals surface area contributed by atoms with E-state index in [1.807, 2.05) is 121 Å². The fraction of sp³-hybridized carbons (Fsp3) is 0.0435. The number of carbonyl (C=O) groups excluding carboxylic acids is 2. The van der Waals surface area contributed by atoms with Gasteiger partial charge in [0.05, 0.1) is 0 Å². The maximum atomic E-state index is 12.3. The summed E-state index contributed by atoms with van der Waals surface area (Å²) in [5, 5.41) is 24.5. The highest BCUT2D eigenvalue weighted by atomic mass is 79.9. The number of rotatable bonds is 2. The van der Waals surface area contributed by atoms with E-state index in [4.69, 9.17) is 0 Å². The highest BCUT2D eigenvalue weighted by Crippen LogP contribution is 2.53. The number of carbonyl (C=O) groups is 2. The fourth-order valence-corrected chi connectivity index (χ4v) is 8.98. The standard InChI is InChI=1S/C26H18Br2O2.C14H8O2.C6H4Br2/c27-19-9-5-7-17(15-19)25(29)21-11-1-2-12-22(21)26(30,18-8-6-10-20(28)16-18)24-14-4-3-13-23(24)25;15-13-9-5-1-2-6-10(9)14(16)12-8-4-3-7-11(12)13;7-5-2-1-3-6(8)4-5/h1-16,29-30H;1-8H;1-4H. The van der Waals surface area contributed by atoms with Gasteiger partial charge in [-0.05, 0) is 75.8 Å². The first-order valence-electron chi connectivity index (χ1n) is 16.9. The Labute approximate surface area is 347 Å². The van der Waals surface area contributed by atoms with E-state index >= 15 is 0 Å². The molecular weight excluding hydrogens is 936 g/mol. The predicted molar refractivity (Wildman–Crippen MR) is 227 cm³/mol. The zero-order chi connectivity index (χ0) is 38.0. The van der Waals surface area contributed by atoms with Gasteiger partial charge in [-0.1, -0.05) is 191 Å². The summed E-state index contributed by atoms with van der Waals surface area (Å²) in [6, 6.07) is 52.4.